The summed E-state index contributed by atoms with van der Waals surface area (Å²) in [6, 6.07) is 9.63. The van der Waals surface area contributed by atoms with Crippen molar-refractivity contribution in [2.45, 2.75) is 25.8 Å². The van der Waals surface area contributed by atoms with Crippen molar-refractivity contribution in [1.82, 2.24) is 19.8 Å². The van der Waals surface area contributed by atoms with Gasteiger partial charge in [-0.3, -0.25) is 4.79 Å². The average molecular weight is 399 g/mol. The van der Waals surface area contributed by atoms with Gasteiger partial charge in [0.05, 0.1) is 12.7 Å². The third kappa shape index (κ3) is 5.36. The van der Waals surface area contributed by atoms with Gasteiger partial charge in [0.15, 0.2) is 0 Å². The van der Waals surface area contributed by atoms with E-state index < -0.39 is 0 Å². The van der Waals surface area contributed by atoms with Gasteiger partial charge in [-0.05, 0) is 30.9 Å². The number of carbonyl (C=O) groups is 1. The second kappa shape index (κ2) is 9.89. The number of rotatable bonds is 7. The standard InChI is InChI=1S/C22H30N4O3/c27-22(23-9-15-29-19-4-2-1-3-5-19)20-16-24-21-6-10-25(11-12-26(20)21)17-18-7-13-28-14-8-18/h1-5,16,18H,6-15,17H2,(H,23,27). The van der Waals surface area contributed by atoms with Gasteiger partial charge in [0.25, 0.3) is 5.91 Å². The number of imidazole rings is 1. The molecule has 0 aliphatic carbocycles. The number of ether oxygens (including phenoxy) is 2. The summed E-state index contributed by atoms with van der Waals surface area (Å²) in [5.41, 5.74) is 0.646. The molecule has 2 aromatic rings. The third-order valence-electron chi connectivity index (χ3n) is 5.72. The largest absolute Gasteiger partial charge is 0.492 e. The van der Waals surface area contributed by atoms with Crippen molar-refractivity contribution in [3.8, 4) is 5.75 Å². The van der Waals surface area contributed by atoms with Crippen LogP contribution in [0, 0.1) is 5.92 Å². The molecule has 4 rings (SSSR count). The van der Waals surface area contributed by atoms with Gasteiger partial charge in [-0.15, -0.1) is 0 Å². The fraction of sp³-hybridized carbons (Fsp3) is 0.545. The van der Waals surface area contributed by atoms with Crippen LogP contribution in [0.4, 0.5) is 0 Å². The molecule has 1 N–H and O–H groups in total. The molecule has 3 heterocycles. The smallest absolute Gasteiger partial charge is 0.269 e. The summed E-state index contributed by atoms with van der Waals surface area (Å²) < 4.78 is 13.2. The third-order valence-corrected chi connectivity index (χ3v) is 5.72. The lowest BCUT2D eigenvalue weighted by Crippen LogP contribution is -2.35. The van der Waals surface area contributed by atoms with Crippen LogP contribution in [0.2, 0.25) is 0 Å². The summed E-state index contributed by atoms with van der Waals surface area (Å²) in [5.74, 6) is 2.45. The minimum atomic E-state index is -0.0849. The molecule has 29 heavy (non-hydrogen) atoms. The lowest BCUT2D eigenvalue weighted by Gasteiger charge is -2.28. The van der Waals surface area contributed by atoms with E-state index in [4.69, 9.17) is 9.47 Å². The zero-order valence-electron chi connectivity index (χ0n) is 16.9. The molecule has 0 bridgehead atoms. The van der Waals surface area contributed by atoms with Crippen molar-refractivity contribution in [3.05, 3.63) is 48.0 Å². The van der Waals surface area contributed by atoms with Crippen LogP contribution < -0.4 is 10.1 Å². The molecule has 1 aromatic carbocycles. The van der Waals surface area contributed by atoms with Gasteiger partial charge in [-0.25, -0.2) is 4.98 Å². The highest BCUT2D eigenvalue weighted by molar-refractivity contribution is 5.92. The van der Waals surface area contributed by atoms with E-state index in [1.165, 1.54) is 0 Å². The molecule has 0 saturated carbocycles. The van der Waals surface area contributed by atoms with Crippen molar-refractivity contribution in [3.63, 3.8) is 0 Å². The van der Waals surface area contributed by atoms with Crippen LogP contribution in [0.3, 0.4) is 0 Å². The van der Waals surface area contributed by atoms with Crippen LogP contribution in [-0.4, -0.2) is 66.4 Å². The van der Waals surface area contributed by atoms with E-state index in [1.54, 1.807) is 6.20 Å². The number of aromatic nitrogens is 2. The number of para-hydroxylation sites is 1. The van der Waals surface area contributed by atoms with Crippen LogP contribution in [0.1, 0.15) is 29.2 Å². The Hall–Kier alpha value is -2.38. The molecule has 7 nitrogen and oxygen atoms in total. The molecule has 0 unspecified atom stereocenters. The molecule has 1 fully saturated rings. The van der Waals surface area contributed by atoms with Crippen molar-refractivity contribution < 1.29 is 14.3 Å². The first kappa shape index (κ1) is 19.9. The van der Waals surface area contributed by atoms with E-state index in [-0.39, 0.29) is 5.91 Å². The number of hydrogen-bond donors (Lipinski definition) is 1. The van der Waals surface area contributed by atoms with Crippen molar-refractivity contribution in [2.24, 2.45) is 5.92 Å². The molecule has 7 heteroatoms. The Balaban J connectivity index is 1.26. The maximum Gasteiger partial charge on any atom is 0.269 e. The fourth-order valence-corrected chi connectivity index (χ4v) is 4.07. The van der Waals surface area contributed by atoms with Gasteiger partial charge in [0, 0.05) is 45.8 Å². The summed E-state index contributed by atoms with van der Waals surface area (Å²) in [5, 5.41) is 2.95. The zero-order valence-corrected chi connectivity index (χ0v) is 16.9. The molecule has 1 aromatic heterocycles. The minimum Gasteiger partial charge on any atom is -0.492 e. The normalized spacial score (nSPS) is 18.1. The number of amides is 1. The molecule has 1 saturated heterocycles. The Morgan fingerprint density at radius 3 is 2.83 bits per heavy atom. The highest BCUT2D eigenvalue weighted by atomic mass is 16.5. The summed E-state index contributed by atoms with van der Waals surface area (Å²) >= 11 is 0. The predicted octanol–water partition coefficient (Wildman–Crippen LogP) is 1.98. The van der Waals surface area contributed by atoms with E-state index >= 15 is 0 Å². The van der Waals surface area contributed by atoms with Crippen LogP contribution in [0.25, 0.3) is 0 Å². The van der Waals surface area contributed by atoms with E-state index in [1.807, 2.05) is 30.3 Å². The van der Waals surface area contributed by atoms with E-state index in [0.29, 0.717) is 18.8 Å². The van der Waals surface area contributed by atoms with E-state index in [9.17, 15) is 4.79 Å². The second-order valence-electron chi connectivity index (χ2n) is 7.74. The monoisotopic (exact) mass is 398 g/mol. The topological polar surface area (TPSA) is 68.6 Å². The first-order valence-electron chi connectivity index (χ1n) is 10.6. The lowest BCUT2D eigenvalue weighted by atomic mass is 9.99. The van der Waals surface area contributed by atoms with Gasteiger partial charge < -0.3 is 24.3 Å². The Kier molecular flexibility index (Phi) is 6.79. The number of carbonyl (C=O) groups excluding carboxylic acids is 1. The van der Waals surface area contributed by atoms with Crippen molar-refractivity contribution >= 4 is 5.91 Å². The van der Waals surface area contributed by atoms with Crippen LogP contribution >= 0.6 is 0 Å². The first-order valence-corrected chi connectivity index (χ1v) is 10.6. The van der Waals surface area contributed by atoms with Crippen LogP contribution in [0.15, 0.2) is 36.5 Å². The van der Waals surface area contributed by atoms with Gasteiger partial charge in [0.1, 0.15) is 23.9 Å². The molecule has 156 valence electrons. The number of hydrogen-bond acceptors (Lipinski definition) is 5. The first-order chi connectivity index (χ1) is 14.3. The Morgan fingerprint density at radius 2 is 2.00 bits per heavy atom. The molecule has 2 aliphatic rings. The Bertz CT molecular complexity index is 787. The minimum absolute atomic E-state index is 0.0849. The molecule has 0 radical (unpaired) electrons. The summed E-state index contributed by atoms with van der Waals surface area (Å²) in [7, 11) is 0. The molecule has 2 aliphatic heterocycles. The highest BCUT2D eigenvalue weighted by Crippen LogP contribution is 2.18. The summed E-state index contributed by atoms with van der Waals surface area (Å²) in [4.78, 5) is 19.7. The van der Waals surface area contributed by atoms with Crippen LogP contribution in [0.5, 0.6) is 5.75 Å². The Morgan fingerprint density at radius 1 is 1.17 bits per heavy atom. The number of nitrogens with one attached hydrogen (secondary N) is 1. The van der Waals surface area contributed by atoms with E-state index in [2.05, 4.69) is 19.8 Å². The zero-order chi connectivity index (χ0) is 19.9. The van der Waals surface area contributed by atoms with E-state index in [0.717, 1.165) is 76.1 Å². The highest BCUT2D eigenvalue weighted by Gasteiger charge is 2.23. The molecule has 0 spiro atoms. The molecule has 1 amide bonds. The molecular weight excluding hydrogens is 368 g/mol. The van der Waals surface area contributed by atoms with Crippen molar-refractivity contribution in [1.29, 1.82) is 0 Å². The number of fused-ring (bicyclic) bond motifs is 1. The molecular formula is C22H30N4O3. The quantitative estimate of drug-likeness (QED) is 0.723. The van der Waals surface area contributed by atoms with Gasteiger partial charge in [-0.2, -0.15) is 0 Å². The van der Waals surface area contributed by atoms with Crippen LogP contribution in [-0.2, 0) is 17.7 Å². The average Bonchev–Trinajstić information content (AvgIpc) is 3.07. The lowest BCUT2D eigenvalue weighted by molar-refractivity contribution is 0.0527. The van der Waals surface area contributed by atoms with Gasteiger partial charge in [-0.1, -0.05) is 18.2 Å². The summed E-state index contributed by atoms with van der Waals surface area (Å²) in [6.07, 6.45) is 4.89. The summed E-state index contributed by atoms with van der Waals surface area (Å²) in [6.45, 7) is 6.56. The SMILES string of the molecule is O=C(NCCOc1ccccc1)c1cnc2n1CCN(CC1CCOCC1)CC2. The maximum atomic E-state index is 12.6. The maximum absolute atomic E-state index is 12.6. The predicted molar refractivity (Wildman–Crippen MR) is 110 cm³/mol. The van der Waals surface area contributed by atoms with Gasteiger partial charge in [0.2, 0.25) is 0 Å². The second-order valence-corrected chi connectivity index (χ2v) is 7.74. The van der Waals surface area contributed by atoms with Crippen molar-refractivity contribution in [2.75, 3.05) is 46.0 Å². The number of nitrogens with zero attached hydrogens (tertiary/aromatic N) is 3. The molecule has 0 atom stereocenters. The fourth-order valence-electron chi connectivity index (χ4n) is 4.07. The Labute approximate surface area is 172 Å². The number of benzene rings is 1. The van der Waals surface area contributed by atoms with Gasteiger partial charge >= 0.3 is 0 Å².